The third-order valence-electron chi connectivity index (χ3n) is 11.9. The van der Waals surface area contributed by atoms with Crippen molar-refractivity contribution in [1.82, 2.24) is 41.5 Å². The van der Waals surface area contributed by atoms with Gasteiger partial charge in [-0.2, -0.15) is 12.6 Å². The smallest absolute Gasteiger partial charge is 0.394 e. The first kappa shape index (κ1) is 60.4. The molecule has 2 heterocycles. The van der Waals surface area contributed by atoms with Gasteiger partial charge in [0.05, 0.1) is 31.7 Å². The van der Waals surface area contributed by atoms with E-state index in [1.54, 1.807) is 0 Å². The van der Waals surface area contributed by atoms with Gasteiger partial charge in [-0.3, -0.25) is 42.6 Å². The van der Waals surface area contributed by atoms with Gasteiger partial charge in [0.1, 0.15) is 30.2 Å². The molecule has 1 saturated heterocycles. The number of aromatic nitrogens is 2. The highest BCUT2D eigenvalue weighted by Gasteiger charge is 2.38. The predicted octanol–water partition coefficient (Wildman–Crippen LogP) is 1.45. The van der Waals surface area contributed by atoms with Gasteiger partial charge in [-0.1, -0.05) is 76.3 Å². The van der Waals surface area contributed by atoms with Gasteiger partial charge in [0.2, 0.25) is 41.4 Å². The fourth-order valence-electron chi connectivity index (χ4n) is 7.96. The Morgan fingerprint density at radius 1 is 0.873 bits per heavy atom. The minimum absolute atomic E-state index is 0.0990. The number of aliphatic hydroxyl groups excluding tert-OH is 1. The Kier molecular flexibility index (Phi) is 27.4. The van der Waals surface area contributed by atoms with Crippen molar-refractivity contribution >= 4 is 61.8 Å². The lowest BCUT2D eigenvalue weighted by Gasteiger charge is -2.29. The average molecular weight is 1040 g/mol. The molecule has 2 aromatic rings. The second kappa shape index (κ2) is 32.2. The summed E-state index contributed by atoms with van der Waals surface area (Å²) in [6.07, 6.45) is 10.5. The third kappa shape index (κ3) is 22.6. The summed E-state index contributed by atoms with van der Waals surface area (Å²) in [5.74, 6) is -4.86. The molecule has 398 valence electrons. The molecule has 24 heteroatoms. The van der Waals surface area contributed by atoms with Crippen LogP contribution in [-0.2, 0) is 60.0 Å². The number of primary amides is 1. The van der Waals surface area contributed by atoms with Crippen LogP contribution < -0.4 is 38.1 Å². The minimum Gasteiger partial charge on any atom is -0.394 e. The lowest BCUT2D eigenvalue weighted by molar-refractivity contribution is -0.140. The molecule has 71 heavy (non-hydrogen) atoms. The summed E-state index contributed by atoms with van der Waals surface area (Å²) in [6.45, 7) is 4.58. The van der Waals surface area contributed by atoms with Crippen LogP contribution >= 0.6 is 20.5 Å². The number of benzene rings is 1. The van der Waals surface area contributed by atoms with E-state index in [2.05, 4.69) is 61.3 Å². The van der Waals surface area contributed by atoms with Gasteiger partial charge in [-0.05, 0) is 69.8 Å². The van der Waals surface area contributed by atoms with Crippen LogP contribution in [0.1, 0.15) is 115 Å². The molecule has 0 radical (unpaired) electrons. The molecule has 1 aliphatic heterocycles. The average Bonchev–Trinajstić information content (AvgIpc) is 4.05. The van der Waals surface area contributed by atoms with Crippen LogP contribution in [0, 0.1) is 5.92 Å². The second-order valence-corrected chi connectivity index (χ2v) is 20.0. The number of amides is 7. The van der Waals surface area contributed by atoms with Gasteiger partial charge >= 0.3 is 7.82 Å². The number of aliphatic hydroxyl groups is 1. The van der Waals surface area contributed by atoms with Crippen molar-refractivity contribution < 1.29 is 57.2 Å². The van der Waals surface area contributed by atoms with Crippen molar-refractivity contribution in [2.24, 2.45) is 17.4 Å². The number of H-pyrrole nitrogens is 1. The van der Waals surface area contributed by atoms with Crippen molar-refractivity contribution in [3.05, 3.63) is 54.1 Å². The van der Waals surface area contributed by atoms with Crippen molar-refractivity contribution in [3.8, 4) is 0 Å². The number of carbonyl (C=O) groups is 7. The summed E-state index contributed by atoms with van der Waals surface area (Å²) in [6, 6.07) is 2.71. The monoisotopic (exact) mass is 1040 g/mol. The van der Waals surface area contributed by atoms with Crippen molar-refractivity contribution in [1.29, 1.82) is 0 Å². The Labute approximate surface area is 422 Å². The Bertz CT molecular complexity index is 2020. The second-order valence-electron chi connectivity index (χ2n) is 18.3. The van der Waals surface area contributed by atoms with Gasteiger partial charge in [-0.15, -0.1) is 0 Å². The predicted molar refractivity (Wildman–Crippen MR) is 268 cm³/mol. The zero-order valence-electron chi connectivity index (χ0n) is 41.2. The Morgan fingerprint density at radius 2 is 1.52 bits per heavy atom. The molecule has 3 rings (SSSR count). The Balaban J connectivity index is 1.56. The van der Waals surface area contributed by atoms with Crippen LogP contribution in [0.5, 0.6) is 0 Å². The van der Waals surface area contributed by atoms with Gasteiger partial charge in [-0.25, -0.2) is 9.55 Å². The van der Waals surface area contributed by atoms with E-state index in [-0.39, 0.29) is 49.4 Å². The number of aryl methyl sites for hydroxylation is 1. The molecule has 1 aromatic heterocycles. The fraction of sp³-hybridized carbons (Fsp3) is 0.660. The molecule has 0 bridgehead atoms. The zero-order chi connectivity index (χ0) is 52.3. The van der Waals surface area contributed by atoms with Gasteiger partial charge in [0.15, 0.2) is 0 Å². The maximum atomic E-state index is 14.0. The van der Waals surface area contributed by atoms with E-state index in [1.165, 1.54) is 29.9 Å². The first-order valence-corrected chi connectivity index (χ1v) is 26.7. The Morgan fingerprint density at radius 3 is 2.17 bits per heavy atom. The molecule has 1 aromatic carbocycles. The van der Waals surface area contributed by atoms with E-state index in [1.807, 2.05) is 32.0 Å². The maximum Gasteiger partial charge on any atom is 0.472 e. The number of phosphoric acid groups is 1. The Hall–Kier alpha value is -4.90. The highest BCUT2D eigenvalue weighted by molar-refractivity contribution is 7.80. The minimum atomic E-state index is -4.73. The molecule has 1 unspecified atom stereocenters. The maximum absolute atomic E-state index is 14.0. The number of nitrogens with zero attached hydrogens (tertiary/aromatic N) is 2. The van der Waals surface area contributed by atoms with Crippen molar-refractivity contribution in [2.75, 3.05) is 32.1 Å². The van der Waals surface area contributed by atoms with E-state index >= 15 is 0 Å². The lowest BCUT2D eigenvalue weighted by Crippen LogP contribution is -2.61. The highest BCUT2D eigenvalue weighted by atomic mass is 32.1. The number of nitrogens with one attached hydrogen (secondary N) is 6. The number of phosphoric ester groups is 1. The molecular formula is C47H77N10O12PS. The molecule has 22 nitrogen and oxygen atoms in total. The van der Waals surface area contributed by atoms with E-state index in [4.69, 9.17) is 20.5 Å². The van der Waals surface area contributed by atoms with Gasteiger partial charge in [0, 0.05) is 43.6 Å². The first-order valence-electron chi connectivity index (χ1n) is 24.6. The topological polar surface area (TPSA) is 340 Å². The number of hydrogen-bond donors (Lipinski definition) is 11. The van der Waals surface area contributed by atoms with Gasteiger partial charge < -0.3 is 57.9 Å². The normalized spacial score (nSPS) is 17.0. The van der Waals surface area contributed by atoms with E-state index in [0.717, 1.165) is 38.5 Å². The van der Waals surface area contributed by atoms with Crippen LogP contribution in [-0.4, -0.2) is 141 Å². The van der Waals surface area contributed by atoms with Crippen LogP contribution in [0.4, 0.5) is 0 Å². The molecule has 1 fully saturated rings. The number of unbranched alkanes of at least 4 members (excludes halogenated alkanes) is 7. The number of hydrogen-bond acceptors (Lipinski definition) is 14. The summed E-state index contributed by atoms with van der Waals surface area (Å²) in [5.41, 5.74) is 12.9. The molecule has 0 aliphatic carbocycles. The SMILES string of the molecule is CC(C)C[C@H](NC(=O)[C@@H]1CCCN1C(=O)CCCCCNC(=O)[C@@H](N)CS)C(=O)N[C@@H](Cc1cnc[nH]1)C(=O)N[C@@H](CO)C(=O)N[C@H](C(N)=O)[C@@H](C)OP(=O)(O)OCCCCCCCCc1ccccc1. The fourth-order valence-corrected chi connectivity index (χ4v) is 9.09. The molecule has 0 spiro atoms. The lowest BCUT2D eigenvalue weighted by atomic mass is 10.0. The van der Waals surface area contributed by atoms with Crippen LogP contribution in [0.15, 0.2) is 42.9 Å². The molecule has 1 aliphatic rings. The number of aromatic amines is 1. The molecule has 7 amide bonds. The third-order valence-corrected chi connectivity index (χ3v) is 13.4. The number of imidazole rings is 1. The number of thiol groups is 1. The number of rotatable bonds is 35. The standard InChI is InChI=1S/C47H77N10O12PS/c1-31(2)25-36(54-47(65)39-20-16-23-57(39)40(59)21-13-9-14-22-51-43(61)35(48)29-71)44(62)53-37(26-34-27-50-30-52-34)45(63)55-38(28-58)46(64)56-41(42(49)60)32(3)69-70(66,67)68-24-15-7-5-4-6-10-17-33-18-11-8-12-19-33/h8,11-12,18-19,27,30-32,35-39,41,58,71H,4-7,9-10,13-17,20-26,28-29,48H2,1-3H3,(H2,49,60)(H,50,52)(H,51,61)(H,53,62)(H,54,65)(H,55,63)(H,56,64)(H,66,67)/t32-,35+,36+,37+,38+,39+,41+/m1/s1. The summed E-state index contributed by atoms with van der Waals surface area (Å²) in [5, 5.41) is 23.0. The quantitative estimate of drug-likeness (QED) is 0.0265. The summed E-state index contributed by atoms with van der Waals surface area (Å²) in [4.78, 5) is 111. The van der Waals surface area contributed by atoms with Crippen LogP contribution in [0.25, 0.3) is 0 Å². The van der Waals surface area contributed by atoms with Crippen molar-refractivity contribution in [2.45, 2.75) is 159 Å². The van der Waals surface area contributed by atoms with E-state index in [0.29, 0.717) is 57.3 Å². The molecule has 12 N–H and O–H groups in total. The molecular weight excluding hydrogens is 960 g/mol. The van der Waals surface area contributed by atoms with Crippen molar-refractivity contribution in [3.63, 3.8) is 0 Å². The summed E-state index contributed by atoms with van der Waals surface area (Å²) < 4.78 is 23.1. The van der Waals surface area contributed by atoms with Gasteiger partial charge in [0.25, 0.3) is 0 Å². The zero-order valence-corrected chi connectivity index (χ0v) is 43.0. The molecule has 0 saturated carbocycles. The van der Waals surface area contributed by atoms with Crippen LogP contribution in [0.3, 0.4) is 0 Å². The van der Waals surface area contributed by atoms with E-state index < -0.39 is 86.3 Å². The first-order chi connectivity index (χ1) is 33.8. The summed E-state index contributed by atoms with van der Waals surface area (Å²) >= 11 is 4.02. The number of nitrogens with two attached hydrogens (primary N) is 2. The number of likely N-dealkylation sites (tertiary alicyclic amines) is 1. The largest absolute Gasteiger partial charge is 0.472 e. The number of carbonyl (C=O) groups excluding carboxylic acids is 7. The van der Waals surface area contributed by atoms with Crippen LogP contribution in [0.2, 0.25) is 0 Å². The van der Waals surface area contributed by atoms with E-state index in [9.17, 15) is 48.1 Å². The highest BCUT2D eigenvalue weighted by Crippen LogP contribution is 2.45. The molecule has 8 atom stereocenters. The summed E-state index contributed by atoms with van der Waals surface area (Å²) in [7, 11) is -4.73.